The Morgan fingerprint density at radius 2 is 1.62 bits per heavy atom. The summed E-state index contributed by atoms with van der Waals surface area (Å²) in [5, 5.41) is 8.68. The lowest BCUT2D eigenvalue weighted by Gasteiger charge is -2.36. The van der Waals surface area contributed by atoms with Crippen LogP contribution in [0.5, 0.6) is 0 Å². The van der Waals surface area contributed by atoms with E-state index < -0.39 is 133 Å². The normalized spacial score (nSPS) is 28.7. The number of hydrogen-bond donors (Lipinski definition) is 3. The minimum absolute atomic E-state index is 0.0121. The fourth-order valence-corrected chi connectivity index (χ4v) is 9.52. The molecule has 0 radical (unpaired) electrons. The lowest BCUT2D eigenvalue weighted by atomic mass is 9.98. The summed E-state index contributed by atoms with van der Waals surface area (Å²) in [6.45, 7) is 2.61. The van der Waals surface area contributed by atoms with Gasteiger partial charge in [-0.1, -0.05) is 37.0 Å². The molecule has 3 aliphatic heterocycles. The maximum atomic E-state index is 15.1. The zero-order valence-corrected chi connectivity index (χ0v) is 37.7. The summed E-state index contributed by atoms with van der Waals surface area (Å²) in [6, 6.07) is -3.32. The van der Waals surface area contributed by atoms with Crippen LogP contribution in [0, 0.1) is 17.3 Å². The van der Waals surface area contributed by atoms with Crippen molar-refractivity contribution in [3.05, 3.63) is 33.8 Å². The Hall–Kier alpha value is -4.26. The van der Waals surface area contributed by atoms with E-state index in [4.69, 9.17) is 23.2 Å². The number of nitrogens with one attached hydrogen (secondary N) is 3. The lowest BCUT2D eigenvalue weighted by molar-refractivity contribution is -0.199. The fourth-order valence-electron chi connectivity index (χ4n) is 9.13. The zero-order chi connectivity index (χ0) is 47.0. The van der Waals surface area contributed by atoms with Crippen LogP contribution in [-0.2, 0) is 40.0 Å². The molecule has 0 aromatic heterocycles. The van der Waals surface area contributed by atoms with E-state index in [9.17, 15) is 51.1 Å². The molecular weight excluding hydrogens is 892 g/mol. The van der Waals surface area contributed by atoms with Crippen LogP contribution in [0.25, 0.3) is 0 Å². The van der Waals surface area contributed by atoms with Crippen LogP contribution >= 0.6 is 23.2 Å². The van der Waals surface area contributed by atoms with Crippen molar-refractivity contribution in [1.82, 2.24) is 35.6 Å². The molecule has 6 rings (SSSR count). The van der Waals surface area contributed by atoms with E-state index in [0.29, 0.717) is 28.3 Å². The van der Waals surface area contributed by atoms with Crippen molar-refractivity contribution < 1.29 is 55.5 Å². The van der Waals surface area contributed by atoms with Crippen LogP contribution in [0.1, 0.15) is 83.6 Å². The number of carbonyl (C=O) groups excluding carboxylic acids is 7. The molecule has 0 bridgehead atoms. The summed E-state index contributed by atoms with van der Waals surface area (Å²) in [4.78, 5) is 102. The highest BCUT2D eigenvalue weighted by Crippen LogP contribution is 2.59. The molecule has 21 heteroatoms. The van der Waals surface area contributed by atoms with Gasteiger partial charge in [-0.05, 0) is 87.0 Å². The molecule has 3 saturated heterocycles. The average molecular weight is 949 g/mol. The molecule has 5 fully saturated rings. The van der Waals surface area contributed by atoms with Gasteiger partial charge in [-0.2, -0.15) is 13.2 Å². The minimum atomic E-state index is -4.89. The van der Waals surface area contributed by atoms with Crippen molar-refractivity contribution in [3.8, 4) is 0 Å². The van der Waals surface area contributed by atoms with Crippen LogP contribution in [-0.4, -0.2) is 149 Å². The van der Waals surface area contributed by atoms with E-state index in [2.05, 4.69) is 16.0 Å². The van der Waals surface area contributed by atoms with Gasteiger partial charge < -0.3 is 35.6 Å². The number of carbonyl (C=O) groups is 7. The van der Waals surface area contributed by atoms with E-state index >= 15 is 4.39 Å². The smallest absolute Gasteiger partial charge is 0.354 e. The van der Waals surface area contributed by atoms with Crippen molar-refractivity contribution >= 4 is 64.6 Å². The molecular formula is C43H56Cl2F5N7O7. The Morgan fingerprint density at radius 1 is 0.953 bits per heavy atom. The largest absolute Gasteiger partial charge is 0.403 e. The fraction of sp³-hybridized carbons (Fsp3) is 0.698. The van der Waals surface area contributed by atoms with Crippen molar-refractivity contribution in [1.29, 1.82) is 0 Å². The predicted octanol–water partition coefficient (Wildman–Crippen LogP) is 4.14. The van der Waals surface area contributed by atoms with Gasteiger partial charge in [0.1, 0.15) is 54.0 Å². The molecule has 14 nitrogen and oxygen atoms in total. The number of benzene rings is 1. The predicted molar refractivity (Wildman–Crippen MR) is 224 cm³/mol. The second-order valence-corrected chi connectivity index (χ2v) is 19.2. The monoisotopic (exact) mass is 947 g/mol. The van der Waals surface area contributed by atoms with Gasteiger partial charge in [-0.3, -0.25) is 33.6 Å². The molecule has 1 aromatic rings. The van der Waals surface area contributed by atoms with E-state index in [-0.39, 0.29) is 62.6 Å². The van der Waals surface area contributed by atoms with Gasteiger partial charge in [0.25, 0.3) is 0 Å². The third-order valence-electron chi connectivity index (χ3n) is 13.2. The zero-order valence-electron chi connectivity index (χ0n) is 36.2. The van der Waals surface area contributed by atoms with Crippen molar-refractivity contribution in [2.24, 2.45) is 17.3 Å². The number of alkyl halides is 5. The number of likely N-dealkylation sites (tertiary alicyclic amines) is 1. The number of likely N-dealkylation sites (N-methyl/N-ethyl adjacent to an activating group) is 2. The minimum Gasteiger partial charge on any atom is -0.354 e. The molecule has 64 heavy (non-hydrogen) atoms. The first kappa shape index (κ1) is 49.2. The molecule has 8 atom stereocenters. The van der Waals surface area contributed by atoms with Gasteiger partial charge in [-0.25, -0.2) is 8.78 Å². The van der Waals surface area contributed by atoms with Gasteiger partial charge in [0, 0.05) is 49.9 Å². The maximum Gasteiger partial charge on any atom is 0.403 e. The summed E-state index contributed by atoms with van der Waals surface area (Å²) in [6.07, 6.45) is -8.54. The number of nitrogens with zero attached hydrogens (tertiary/aromatic N) is 4. The van der Waals surface area contributed by atoms with E-state index in [0.717, 1.165) is 14.7 Å². The van der Waals surface area contributed by atoms with Gasteiger partial charge in [0.2, 0.25) is 41.4 Å². The SMILES string of the molecule is CC(C)C[C@@H]1NC(=O)[C@@H](N(C)C(=O)[C@@H](NC(=O)[C@@H]2C[C@@H](F)CN2C(=O)C2(C(F)(F)F)CC2)C2CC2)CCCCNC(=O)[C@H]2C[C@@H](F)CN2C(=O)[C@H](Cc2cc(Cl)ccc2Cl)N(C)C1=O. The molecule has 7 amide bonds. The standard InChI is InChI=1S/C43H56Cl2F5N7O7/c1-22(2)15-29-38(61)55(4)33(17-24-16-25(44)10-11-28(24)45)39(62)56-20-26(46)18-31(56)35(58)51-14-6-5-7-30(36(59)52-29)54(3)40(63)34(23-8-9-23)53-37(60)32-19-27(47)21-57(32)41(64)42(12-13-42)43(48,49)50/h10-11,16,22-23,26-27,29-34H,5-9,12-15,17-21H2,1-4H3,(H,51,58)(H,52,59)(H,53,60)/t26-,27-,29+,30+,31-,32+,33+,34+/m1/s1. The molecule has 1 aromatic carbocycles. The number of halogens is 7. The first-order chi connectivity index (χ1) is 30.0. The molecule has 2 aliphatic carbocycles. The number of fused-ring (bicyclic) bond motifs is 1. The highest BCUT2D eigenvalue weighted by molar-refractivity contribution is 6.33. The summed E-state index contributed by atoms with van der Waals surface area (Å²) in [5.41, 5.74) is -2.29. The average Bonchev–Trinajstić information content (AvgIpc) is 4.16. The van der Waals surface area contributed by atoms with Crippen molar-refractivity contribution in [3.63, 3.8) is 0 Å². The summed E-state index contributed by atoms with van der Waals surface area (Å²) >= 11 is 12.8. The summed E-state index contributed by atoms with van der Waals surface area (Å²) < 4.78 is 71.6. The van der Waals surface area contributed by atoms with Crippen LogP contribution in [0.3, 0.4) is 0 Å². The Bertz CT molecular complexity index is 1990. The summed E-state index contributed by atoms with van der Waals surface area (Å²) in [7, 11) is 2.70. The highest BCUT2D eigenvalue weighted by atomic mass is 35.5. The maximum absolute atomic E-state index is 15.1. The Kier molecular flexibility index (Phi) is 15.1. The van der Waals surface area contributed by atoms with Crippen molar-refractivity contribution in [2.45, 2.75) is 139 Å². The molecule has 354 valence electrons. The first-order valence-electron chi connectivity index (χ1n) is 21.9. The number of rotatable bonds is 10. The van der Waals surface area contributed by atoms with Crippen LogP contribution in [0.4, 0.5) is 22.0 Å². The van der Waals surface area contributed by atoms with Gasteiger partial charge >= 0.3 is 6.18 Å². The third kappa shape index (κ3) is 10.7. The van der Waals surface area contributed by atoms with Gasteiger partial charge in [-0.15, -0.1) is 0 Å². The topological polar surface area (TPSA) is 169 Å². The molecule has 2 saturated carbocycles. The van der Waals surface area contributed by atoms with E-state index in [1.165, 1.54) is 26.2 Å². The van der Waals surface area contributed by atoms with Crippen LogP contribution < -0.4 is 16.0 Å². The van der Waals surface area contributed by atoms with E-state index in [1.54, 1.807) is 6.07 Å². The van der Waals surface area contributed by atoms with Crippen LogP contribution in [0.15, 0.2) is 18.2 Å². The number of hydrogen-bond acceptors (Lipinski definition) is 7. The molecule has 0 spiro atoms. The summed E-state index contributed by atoms with van der Waals surface area (Å²) in [5.74, 6) is -6.47. The van der Waals surface area contributed by atoms with Crippen molar-refractivity contribution in [2.75, 3.05) is 33.7 Å². The van der Waals surface area contributed by atoms with Gasteiger partial charge in [0.05, 0.1) is 13.1 Å². The second-order valence-electron chi connectivity index (χ2n) is 18.4. The Morgan fingerprint density at radius 3 is 2.25 bits per heavy atom. The molecule has 3 heterocycles. The van der Waals surface area contributed by atoms with Gasteiger partial charge in [0.15, 0.2) is 0 Å². The molecule has 3 N–H and O–H groups in total. The Balaban J connectivity index is 1.27. The number of amides is 7. The second kappa shape index (κ2) is 19.7. The highest BCUT2D eigenvalue weighted by Gasteiger charge is 2.70. The van der Waals surface area contributed by atoms with E-state index in [1.807, 2.05) is 13.8 Å². The lowest BCUT2D eigenvalue weighted by Crippen LogP contribution is -2.61. The quantitative estimate of drug-likeness (QED) is 0.297. The third-order valence-corrected chi connectivity index (χ3v) is 13.8. The molecule has 5 aliphatic rings. The van der Waals surface area contributed by atoms with Crippen LogP contribution in [0.2, 0.25) is 10.0 Å². The molecule has 0 unspecified atom stereocenters. The Labute approximate surface area is 378 Å². The first-order valence-corrected chi connectivity index (χ1v) is 22.6.